The van der Waals surface area contributed by atoms with Gasteiger partial charge in [-0.1, -0.05) is 13.8 Å². The molecular formula is C18H28ClN3O3. The second-order valence-corrected chi connectivity index (χ2v) is 6.61. The average Bonchev–Trinajstić information content (AvgIpc) is 2.55. The van der Waals surface area contributed by atoms with Crippen LogP contribution in [0.3, 0.4) is 0 Å². The van der Waals surface area contributed by atoms with Crippen LogP contribution in [0.4, 0.5) is 5.69 Å². The van der Waals surface area contributed by atoms with Crippen molar-refractivity contribution in [3.63, 3.8) is 0 Å². The average molecular weight is 370 g/mol. The third-order valence-corrected chi connectivity index (χ3v) is 3.86. The number of ether oxygens (including phenoxy) is 1. The minimum Gasteiger partial charge on any atom is -0.378 e. The van der Waals surface area contributed by atoms with Crippen molar-refractivity contribution < 1.29 is 14.3 Å². The summed E-state index contributed by atoms with van der Waals surface area (Å²) in [5.74, 6) is 0.261. The van der Waals surface area contributed by atoms with Gasteiger partial charge >= 0.3 is 0 Å². The number of hydrogen-bond donors (Lipinski definition) is 3. The van der Waals surface area contributed by atoms with Crippen molar-refractivity contribution in [3.05, 3.63) is 29.3 Å². The fraction of sp³-hybridized carbons (Fsp3) is 0.556. The van der Waals surface area contributed by atoms with Gasteiger partial charge in [0.05, 0.1) is 13.2 Å². The highest BCUT2D eigenvalue weighted by Crippen LogP contribution is 2.17. The van der Waals surface area contributed by atoms with Gasteiger partial charge in [-0.3, -0.25) is 9.59 Å². The molecule has 25 heavy (non-hydrogen) atoms. The highest BCUT2D eigenvalue weighted by molar-refractivity contribution is 5.96. The van der Waals surface area contributed by atoms with Crippen molar-refractivity contribution in [1.29, 1.82) is 0 Å². The molecule has 1 aliphatic heterocycles. The van der Waals surface area contributed by atoms with E-state index in [0.717, 1.165) is 17.8 Å². The van der Waals surface area contributed by atoms with Gasteiger partial charge in [0.25, 0.3) is 5.91 Å². The summed E-state index contributed by atoms with van der Waals surface area (Å²) in [6.45, 7) is 8.66. The van der Waals surface area contributed by atoms with E-state index in [1.54, 1.807) is 18.2 Å². The van der Waals surface area contributed by atoms with Crippen LogP contribution >= 0.6 is 12.4 Å². The molecule has 1 fully saturated rings. The van der Waals surface area contributed by atoms with Crippen LogP contribution < -0.4 is 16.0 Å². The SMILES string of the molecule is Cc1cc(C(=O)NCC(C)C)ccc1NC(=O)CC1COCCN1.Cl. The first-order valence-corrected chi connectivity index (χ1v) is 8.45. The number of amides is 2. The third-order valence-electron chi connectivity index (χ3n) is 3.86. The fourth-order valence-electron chi connectivity index (χ4n) is 2.52. The second-order valence-electron chi connectivity index (χ2n) is 6.61. The Morgan fingerprint density at radius 1 is 1.36 bits per heavy atom. The van der Waals surface area contributed by atoms with E-state index < -0.39 is 0 Å². The minimum absolute atomic E-state index is 0. The van der Waals surface area contributed by atoms with E-state index in [4.69, 9.17) is 4.74 Å². The van der Waals surface area contributed by atoms with Crippen LogP contribution in [0, 0.1) is 12.8 Å². The molecule has 140 valence electrons. The first-order valence-electron chi connectivity index (χ1n) is 8.45. The lowest BCUT2D eigenvalue weighted by Crippen LogP contribution is -2.43. The number of hydrogen-bond acceptors (Lipinski definition) is 4. The summed E-state index contributed by atoms with van der Waals surface area (Å²) >= 11 is 0. The van der Waals surface area contributed by atoms with Crippen molar-refractivity contribution in [1.82, 2.24) is 10.6 Å². The zero-order valence-corrected chi connectivity index (χ0v) is 15.9. The number of aryl methyl sites for hydroxylation is 1. The first-order chi connectivity index (χ1) is 11.5. The summed E-state index contributed by atoms with van der Waals surface area (Å²) in [5.41, 5.74) is 2.21. The normalized spacial score (nSPS) is 16.9. The summed E-state index contributed by atoms with van der Waals surface area (Å²) in [5, 5.41) is 9.06. The van der Waals surface area contributed by atoms with E-state index in [-0.39, 0.29) is 30.3 Å². The van der Waals surface area contributed by atoms with Crippen LogP contribution in [0.1, 0.15) is 36.2 Å². The van der Waals surface area contributed by atoms with Gasteiger partial charge in [0, 0.05) is 36.8 Å². The van der Waals surface area contributed by atoms with Crippen molar-refractivity contribution in [2.24, 2.45) is 5.92 Å². The zero-order valence-electron chi connectivity index (χ0n) is 15.1. The number of halogens is 1. The molecule has 1 unspecified atom stereocenters. The van der Waals surface area contributed by atoms with Crippen molar-refractivity contribution in [3.8, 4) is 0 Å². The number of morpholine rings is 1. The first kappa shape index (κ1) is 21.4. The molecule has 3 N–H and O–H groups in total. The van der Waals surface area contributed by atoms with Crippen molar-refractivity contribution in [2.45, 2.75) is 33.2 Å². The van der Waals surface area contributed by atoms with Crippen LogP contribution in [0.25, 0.3) is 0 Å². The highest BCUT2D eigenvalue weighted by Gasteiger charge is 2.17. The van der Waals surface area contributed by atoms with E-state index in [2.05, 4.69) is 29.8 Å². The zero-order chi connectivity index (χ0) is 17.5. The summed E-state index contributed by atoms with van der Waals surface area (Å²) < 4.78 is 5.35. The summed E-state index contributed by atoms with van der Waals surface area (Å²) in [6, 6.07) is 5.37. The van der Waals surface area contributed by atoms with E-state index in [1.165, 1.54) is 0 Å². The molecule has 1 saturated heterocycles. The van der Waals surface area contributed by atoms with Crippen molar-refractivity contribution >= 4 is 29.9 Å². The largest absolute Gasteiger partial charge is 0.378 e. The number of carbonyl (C=O) groups excluding carboxylic acids is 2. The molecule has 6 nitrogen and oxygen atoms in total. The quantitative estimate of drug-likeness (QED) is 0.717. The second kappa shape index (κ2) is 10.4. The van der Waals surface area contributed by atoms with Crippen LogP contribution in [-0.2, 0) is 9.53 Å². The predicted molar refractivity (Wildman–Crippen MR) is 101 cm³/mol. The van der Waals surface area contributed by atoms with Gasteiger partial charge in [-0.05, 0) is 36.6 Å². The third kappa shape index (κ3) is 7.02. The smallest absolute Gasteiger partial charge is 0.251 e. The van der Waals surface area contributed by atoms with Crippen LogP contribution in [0.5, 0.6) is 0 Å². The van der Waals surface area contributed by atoms with E-state index in [1.807, 2.05) is 6.92 Å². The molecule has 1 heterocycles. The Bertz CT molecular complexity index is 587. The molecule has 7 heteroatoms. The summed E-state index contributed by atoms with van der Waals surface area (Å²) in [7, 11) is 0. The molecule has 0 saturated carbocycles. The molecule has 0 bridgehead atoms. The molecular weight excluding hydrogens is 342 g/mol. The lowest BCUT2D eigenvalue weighted by atomic mass is 10.1. The topological polar surface area (TPSA) is 79.5 Å². The van der Waals surface area contributed by atoms with Crippen molar-refractivity contribution in [2.75, 3.05) is 31.6 Å². The predicted octanol–water partition coefficient (Wildman–Crippen LogP) is 2.12. The van der Waals surface area contributed by atoms with E-state index in [9.17, 15) is 9.59 Å². The van der Waals surface area contributed by atoms with Gasteiger partial charge < -0.3 is 20.7 Å². The van der Waals surface area contributed by atoms with Crippen LogP contribution in [0.15, 0.2) is 18.2 Å². The van der Waals surface area contributed by atoms with Gasteiger partial charge in [0.15, 0.2) is 0 Å². The van der Waals surface area contributed by atoms with Crippen LogP contribution in [0.2, 0.25) is 0 Å². The van der Waals surface area contributed by atoms with E-state index >= 15 is 0 Å². The Hall–Kier alpha value is -1.63. The molecule has 2 rings (SSSR count). The Morgan fingerprint density at radius 2 is 2.12 bits per heavy atom. The molecule has 0 spiro atoms. The number of benzene rings is 1. The fourth-order valence-corrected chi connectivity index (χ4v) is 2.52. The highest BCUT2D eigenvalue weighted by atomic mass is 35.5. The van der Waals surface area contributed by atoms with Gasteiger partial charge in [-0.2, -0.15) is 0 Å². The molecule has 0 aliphatic carbocycles. The van der Waals surface area contributed by atoms with Crippen LogP contribution in [-0.4, -0.2) is 44.2 Å². The molecule has 0 radical (unpaired) electrons. The standard InChI is InChI=1S/C18H27N3O3.ClH/c1-12(2)10-20-18(23)14-4-5-16(13(3)8-14)21-17(22)9-15-11-24-7-6-19-15;/h4-5,8,12,15,19H,6-7,9-11H2,1-3H3,(H,20,23)(H,21,22);1H. The van der Waals surface area contributed by atoms with E-state index in [0.29, 0.717) is 37.7 Å². The lowest BCUT2D eigenvalue weighted by molar-refractivity contribution is -0.117. The monoisotopic (exact) mass is 369 g/mol. The molecule has 2 amide bonds. The van der Waals surface area contributed by atoms with Gasteiger partial charge in [0.2, 0.25) is 5.91 Å². The Balaban J connectivity index is 0.00000312. The Labute approximate surface area is 155 Å². The lowest BCUT2D eigenvalue weighted by Gasteiger charge is -2.23. The molecule has 1 aromatic carbocycles. The van der Waals surface area contributed by atoms with Gasteiger partial charge in [-0.25, -0.2) is 0 Å². The molecule has 1 atom stereocenters. The molecule has 0 aromatic heterocycles. The number of nitrogens with one attached hydrogen (secondary N) is 3. The van der Waals surface area contributed by atoms with Gasteiger partial charge in [0.1, 0.15) is 0 Å². The maximum atomic E-state index is 12.1. The Kier molecular flexibility index (Phi) is 8.89. The Morgan fingerprint density at radius 3 is 2.72 bits per heavy atom. The molecule has 1 aromatic rings. The summed E-state index contributed by atoms with van der Waals surface area (Å²) in [4.78, 5) is 24.2. The minimum atomic E-state index is -0.0896. The number of anilines is 1. The maximum Gasteiger partial charge on any atom is 0.251 e. The van der Waals surface area contributed by atoms with Gasteiger partial charge in [-0.15, -0.1) is 12.4 Å². The summed E-state index contributed by atoms with van der Waals surface area (Å²) in [6.07, 6.45) is 0.371. The maximum absolute atomic E-state index is 12.1. The number of rotatable bonds is 6. The molecule has 1 aliphatic rings. The number of carbonyl (C=O) groups is 2.